The van der Waals surface area contributed by atoms with Gasteiger partial charge in [0.15, 0.2) is 0 Å². The fraction of sp³-hybridized carbons (Fsp3) is 0.222. The number of anilines is 2. The molecule has 26 heavy (non-hydrogen) atoms. The standard InChI is InChI=1S/C18H19N3O4S/c1-2-17(22)21-10-9-13-11-15(7-8-16(13)21)26(24,25)20-14-5-3-12(4-6-14)18(19)23/h3-8,11,20H,2,9-10H2,1H3,(H2,19,23). The fourth-order valence-corrected chi connectivity index (χ4v) is 4.02. The van der Waals surface area contributed by atoms with Crippen LogP contribution in [0.4, 0.5) is 11.4 Å². The second-order valence-electron chi connectivity index (χ2n) is 5.99. The maximum absolute atomic E-state index is 12.6. The summed E-state index contributed by atoms with van der Waals surface area (Å²) in [7, 11) is -3.78. The zero-order chi connectivity index (χ0) is 18.9. The number of fused-ring (bicyclic) bond motifs is 1. The maximum atomic E-state index is 12.6. The summed E-state index contributed by atoms with van der Waals surface area (Å²) in [5.74, 6) is -0.559. The molecule has 0 fully saturated rings. The highest BCUT2D eigenvalue weighted by Gasteiger charge is 2.25. The molecule has 8 heteroatoms. The highest BCUT2D eigenvalue weighted by atomic mass is 32.2. The molecule has 1 aliphatic heterocycles. The SMILES string of the molecule is CCC(=O)N1CCc2cc(S(=O)(=O)Nc3ccc(C(N)=O)cc3)ccc21. The molecule has 7 nitrogen and oxygen atoms in total. The first kappa shape index (κ1) is 17.9. The molecule has 0 aromatic heterocycles. The normalized spacial score (nSPS) is 13.3. The lowest BCUT2D eigenvalue weighted by Gasteiger charge is -2.16. The van der Waals surface area contributed by atoms with E-state index in [1.165, 1.54) is 30.3 Å². The molecule has 0 saturated heterocycles. The van der Waals surface area contributed by atoms with Gasteiger partial charge < -0.3 is 10.6 Å². The van der Waals surface area contributed by atoms with Gasteiger partial charge in [-0.05, 0) is 54.4 Å². The highest BCUT2D eigenvalue weighted by Crippen LogP contribution is 2.31. The summed E-state index contributed by atoms with van der Waals surface area (Å²) in [4.78, 5) is 24.8. The Bertz CT molecular complexity index is 968. The molecule has 0 spiro atoms. The Kier molecular flexibility index (Phi) is 4.69. The maximum Gasteiger partial charge on any atom is 0.261 e. The monoisotopic (exact) mass is 373 g/mol. The van der Waals surface area contributed by atoms with Crippen molar-refractivity contribution in [3.63, 3.8) is 0 Å². The molecular weight excluding hydrogens is 354 g/mol. The first-order valence-corrected chi connectivity index (χ1v) is 9.66. The van der Waals surface area contributed by atoms with E-state index in [0.29, 0.717) is 30.6 Å². The minimum absolute atomic E-state index is 0.0204. The molecule has 3 rings (SSSR count). The van der Waals surface area contributed by atoms with E-state index in [4.69, 9.17) is 5.73 Å². The number of carbonyl (C=O) groups is 2. The lowest BCUT2D eigenvalue weighted by atomic mass is 10.2. The number of sulfonamides is 1. The second-order valence-corrected chi connectivity index (χ2v) is 7.67. The van der Waals surface area contributed by atoms with Crippen LogP contribution in [0.5, 0.6) is 0 Å². The smallest absolute Gasteiger partial charge is 0.261 e. The van der Waals surface area contributed by atoms with Gasteiger partial charge in [-0.25, -0.2) is 8.42 Å². The molecule has 136 valence electrons. The zero-order valence-corrected chi connectivity index (χ0v) is 15.0. The molecule has 0 saturated carbocycles. The highest BCUT2D eigenvalue weighted by molar-refractivity contribution is 7.92. The van der Waals surface area contributed by atoms with Crippen LogP contribution in [0.2, 0.25) is 0 Å². The minimum atomic E-state index is -3.78. The van der Waals surface area contributed by atoms with Gasteiger partial charge in [-0.15, -0.1) is 0 Å². The van der Waals surface area contributed by atoms with Crippen molar-refractivity contribution < 1.29 is 18.0 Å². The van der Waals surface area contributed by atoms with Crippen LogP contribution in [0, 0.1) is 0 Å². The van der Waals surface area contributed by atoms with Gasteiger partial charge in [-0.1, -0.05) is 6.92 Å². The number of hydrogen-bond acceptors (Lipinski definition) is 4. The summed E-state index contributed by atoms with van der Waals surface area (Å²) in [6.45, 7) is 2.36. The molecule has 0 atom stereocenters. The lowest BCUT2D eigenvalue weighted by Crippen LogP contribution is -2.27. The second kappa shape index (κ2) is 6.80. The van der Waals surface area contributed by atoms with Crippen LogP contribution in [-0.2, 0) is 21.2 Å². The van der Waals surface area contributed by atoms with E-state index in [-0.39, 0.29) is 10.8 Å². The zero-order valence-electron chi connectivity index (χ0n) is 14.2. The largest absolute Gasteiger partial charge is 0.366 e. The predicted molar refractivity (Wildman–Crippen MR) is 98.6 cm³/mol. The Balaban J connectivity index is 1.84. The average molecular weight is 373 g/mol. The van der Waals surface area contributed by atoms with Crippen molar-refractivity contribution in [1.82, 2.24) is 0 Å². The Morgan fingerprint density at radius 3 is 2.46 bits per heavy atom. The quantitative estimate of drug-likeness (QED) is 0.834. The Labute approximate surface area is 151 Å². The van der Waals surface area contributed by atoms with E-state index in [2.05, 4.69) is 4.72 Å². The summed E-state index contributed by atoms with van der Waals surface area (Å²) in [5, 5.41) is 0. The molecule has 0 bridgehead atoms. The molecule has 2 aromatic rings. The topological polar surface area (TPSA) is 110 Å². The third kappa shape index (κ3) is 3.41. The number of benzene rings is 2. The Morgan fingerprint density at radius 2 is 1.85 bits per heavy atom. The number of rotatable bonds is 5. The molecule has 0 radical (unpaired) electrons. The van der Waals surface area contributed by atoms with Gasteiger partial charge in [0.1, 0.15) is 0 Å². The van der Waals surface area contributed by atoms with Gasteiger partial charge in [0, 0.05) is 29.9 Å². The van der Waals surface area contributed by atoms with Gasteiger partial charge in [0.25, 0.3) is 10.0 Å². The van der Waals surface area contributed by atoms with Gasteiger partial charge in [0.05, 0.1) is 4.90 Å². The fourth-order valence-electron chi connectivity index (χ4n) is 2.91. The van der Waals surface area contributed by atoms with Gasteiger partial charge in [0.2, 0.25) is 11.8 Å². The molecule has 0 aliphatic carbocycles. The van der Waals surface area contributed by atoms with Crippen LogP contribution < -0.4 is 15.4 Å². The summed E-state index contributed by atoms with van der Waals surface area (Å²) >= 11 is 0. The Hall–Kier alpha value is -2.87. The Morgan fingerprint density at radius 1 is 1.15 bits per heavy atom. The predicted octanol–water partition coefficient (Wildman–Crippen LogP) is 1.89. The number of carbonyl (C=O) groups excluding carboxylic acids is 2. The van der Waals surface area contributed by atoms with Crippen LogP contribution in [0.3, 0.4) is 0 Å². The van der Waals surface area contributed by atoms with Crippen molar-refractivity contribution in [2.45, 2.75) is 24.7 Å². The van der Waals surface area contributed by atoms with E-state index < -0.39 is 15.9 Å². The van der Waals surface area contributed by atoms with Crippen LogP contribution in [0.1, 0.15) is 29.3 Å². The lowest BCUT2D eigenvalue weighted by molar-refractivity contribution is -0.118. The van der Waals surface area contributed by atoms with Gasteiger partial charge in [-0.2, -0.15) is 0 Å². The molecule has 2 aromatic carbocycles. The minimum Gasteiger partial charge on any atom is -0.366 e. The van der Waals surface area contributed by atoms with E-state index in [1.54, 1.807) is 24.0 Å². The third-order valence-corrected chi connectivity index (χ3v) is 5.66. The van der Waals surface area contributed by atoms with Crippen LogP contribution >= 0.6 is 0 Å². The number of primary amides is 1. The summed E-state index contributed by atoms with van der Waals surface area (Å²) in [6.07, 6.45) is 1.03. The number of amides is 2. The molecule has 3 N–H and O–H groups in total. The molecule has 1 heterocycles. The third-order valence-electron chi connectivity index (χ3n) is 4.28. The van der Waals surface area contributed by atoms with Crippen molar-refractivity contribution in [3.8, 4) is 0 Å². The van der Waals surface area contributed by atoms with Crippen LogP contribution in [0.25, 0.3) is 0 Å². The van der Waals surface area contributed by atoms with Crippen molar-refractivity contribution >= 4 is 33.2 Å². The van der Waals surface area contributed by atoms with Crippen LogP contribution in [0.15, 0.2) is 47.4 Å². The number of hydrogen-bond donors (Lipinski definition) is 2. The van der Waals surface area contributed by atoms with Gasteiger partial charge in [-0.3, -0.25) is 14.3 Å². The summed E-state index contributed by atoms with van der Waals surface area (Å²) < 4.78 is 27.7. The number of nitrogens with zero attached hydrogens (tertiary/aromatic N) is 1. The van der Waals surface area contributed by atoms with Crippen molar-refractivity contribution in [2.75, 3.05) is 16.2 Å². The molecule has 2 amide bonds. The van der Waals surface area contributed by atoms with Crippen molar-refractivity contribution in [1.29, 1.82) is 0 Å². The number of nitrogens with two attached hydrogens (primary N) is 1. The van der Waals surface area contributed by atoms with E-state index >= 15 is 0 Å². The summed E-state index contributed by atoms with van der Waals surface area (Å²) in [6, 6.07) is 10.6. The first-order chi connectivity index (χ1) is 12.3. The molecular formula is C18H19N3O4S. The van der Waals surface area contributed by atoms with Crippen molar-refractivity contribution in [2.24, 2.45) is 5.73 Å². The van der Waals surface area contributed by atoms with Gasteiger partial charge >= 0.3 is 0 Å². The first-order valence-electron chi connectivity index (χ1n) is 8.18. The van der Waals surface area contributed by atoms with Crippen molar-refractivity contribution in [3.05, 3.63) is 53.6 Å². The van der Waals surface area contributed by atoms with E-state index in [9.17, 15) is 18.0 Å². The van der Waals surface area contributed by atoms with Crippen LogP contribution in [-0.4, -0.2) is 26.8 Å². The molecule has 0 unspecified atom stereocenters. The molecule has 1 aliphatic rings. The number of nitrogens with one attached hydrogen (secondary N) is 1. The summed E-state index contributed by atoms with van der Waals surface area (Å²) in [5.41, 5.74) is 7.40. The average Bonchev–Trinajstić information content (AvgIpc) is 3.04. The van der Waals surface area contributed by atoms with E-state index in [0.717, 1.165) is 11.3 Å². The van der Waals surface area contributed by atoms with E-state index in [1.807, 2.05) is 0 Å².